The van der Waals surface area contributed by atoms with Crippen molar-refractivity contribution in [2.75, 3.05) is 13.1 Å². The third-order valence-electron chi connectivity index (χ3n) is 9.11. The normalized spacial score (nSPS) is 13.9. The Morgan fingerprint density at radius 2 is 1.16 bits per heavy atom. The fraction of sp³-hybridized carbons (Fsp3) is 0.179. The molecule has 0 radical (unpaired) electrons. The van der Waals surface area contributed by atoms with Gasteiger partial charge in [0.05, 0.1) is 39.3 Å². The quantitative estimate of drug-likeness (QED) is 0.193. The lowest BCUT2D eigenvalue weighted by atomic mass is 9.99. The van der Waals surface area contributed by atoms with Gasteiger partial charge in [-0.25, -0.2) is 8.78 Å². The summed E-state index contributed by atoms with van der Waals surface area (Å²) in [5.74, 6) is -1.06. The summed E-state index contributed by atoms with van der Waals surface area (Å²) in [5, 5.41) is 26.1. The van der Waals surface area contributed by atoms with Gasteiger partial charge in [0.2, 0.25) is 0 Å². The zero-order valence-corrected chi connectivity index (χ0v) is 27.7. The van der Waals surface area contributed by atoms with E-state index >= 15 is 0 Å². The summed E-state index contributed by atoms with van der Waals surface area (Å²) in [6.07, 6.45) is 1.63. The van der Waals surface area contributed by atoms with Crippen molar-refractivity contribution in [2.24, 2.45) is 0 Å². The van der Waals surface area contributed by atoms with Gasteiger partial charge in [-0.2, -0.15) is 10.5 Å². The number of hydrogen-bond acceptors (Lipinski definition) is 4. The molecule has 4 heterocycles. The number of amides is 2. The molecule has 2 N–H and O–H groups in total. The molecule has 0 fully saturated rings. The number of benzene rings is 4. The van der Waals surface area contributed by atoms with Crippen LogP contribution in [0.1, 0.15) is 50.5 Å². The van der Waals surface area contributed by atoms with Crippen LogP contribution in [0.25, 0.3) is 44.1 Å². The molecule has 50 heavy (non-hydrogen) atoms. The summed E-state index contributed by atoms with van der Waals surface area (Å²) in [7, 11) is 0. The van der Waals surface area contributed by atoms with E-state index in [1.54, 1.807) is 49.4 Å². The second-order valence-electron chi connectivity index (χ2n) is 12.3. The first kappa shape index (κ1) is 32.6. The number of rotatable bonds is 2. The van der Waals surface area contributed by atoms with E-state index in [1.165, 1.54) is 18.2 Å². The number of carbonyl (C=O) groups excluding carboxylic acids is 2. The molecule has 2 amide bonds. The molecule has 2 aromatic heterocycles. The average Bonchev–Trinajstić information content (AvgIpc) is 3.55. The lowest BCUT2D eigenvalue weighted by Crippen LogP contribution is -2.22. The molecule has 0 aliphatic carbocycles. The van der Waals surface area contributed by atoms with E-state index in [9.17, 15) is 28.9 Å². The van der Waals surface area contributed by atoms with Gasteiger partial charge in [-0.15, -0.1) is 0 Å². The highest BCUT2D eigenvalue weighted by Gasteiger charge is 2.23. The molecule has 2 aliphatic heterocycles. The van der Waals surface area contributed by atoms with Crippen molar-refractivity contribution in [3.8, 4) is 34.4 Å². The molecule has 0 bridgehead atoms. The van der Waals surface area contributed by atoms with Crippen LogP contribution >= 0.6 is 11.6 Å². The molecular formula is C39H29ClF2N6O2. The van der Waals surface area contributed by atoms with Crippen LogP contribution < -0.4 is 10.6 Å². The van der Waals surface area contributed by atoms with Crippen molar-refractivity contribution in [1.29, 1.82) is 10.5 Å². The maximum atomic E-state index is 14.1. The summed E-state index contributed by atoms with van der Waals surface area (Å²) in [4.78, 5) is 24.6. The lowest BCUT2D eigenvalue weighted by Gasteiger charge is -2.11. The summed E-state index contributed by atoms with van der Waals surface area (Å²) >= 11 is 5.79. The van der Waals surface area contributed by atoms with Gasteiger partial charge in [-0.1, -0.05) is 29.8 Å². The average molecular weight is 687 g/mol. The Balaban J connectivity index is 0.000000157. The molecule has 0 unspecified atom stereocenters. The largest absolute Gasteiger partial charge is 0.351 e. The molecule has 2 aliphatic rings. The maximum Gasteiger partial charge on any atom is 0.267 e. The molecule has 0 spiro atoms. The topological polar surface area (TPSA) is 116 Å². The molecule has 0 saturated carbocycles. The predicted octanol–water partition coefficient (Wildman–Crippen LogP) is 7.87. The van der Waals surface area contributed by atoms with Crippen molar-refractivity contribution in [1.82, 2.24) is 19.8 Å². The minimum atomic E-state index is -0.518. The van der Waals surface area contributed by atoms with Crippen LogP contribution in [0.15, 0.2) is 72.8 Å². The number of fused-ring (bicyclic) bond motifs is 6. The van der Waals surface area contributed by atoms with E-state index in [-0.39, 0.29) is 22.7 Å². The van der Waals surface area contributed by atoms with Crippen molar-refractivity contribution in [2.45, 2.75) is 32.9 Å². The van der Waals surface area contributed by atoms with Crippen LogP contribution in [-0.2, 0) is 13.1 Å². The van der Waals surface area contributed by atoms with Crippen molar-refractivity contribution >= 4 is 45.2 Å². The summed E-state index contributed by atoms with van der Waals surface area (Å²) in [5.41, 5.74) is 7.16. The second-order valence-corrected chi connectivity index (χ2v) is 12.7. The van der Waals surface area contributed by atoms with E-state index in [0.29, 0.717) is 70.9 Å². The highest BCUT2D eigenvalue weighted by Crippen LogP contribution is 2.36. The van der Waals surface area contributed by atoms with Crippen LogP contribution in [0.4, 0.5) is 8.78 Å². The second kappa shape index (κ2) is 13.1. The highest BCUT2D eigenvalue weighted by molar-refractivity contribution is 6.30. The van der Waals surface area contributed by atoms with E-state index in [2.05, 4.69) is 22.8 Å². The van der Waals surface area contributed by atoms with Gasteiger partial charge in [0.25, 0.3) is 11.8 Å². The van der Waals surface area contributed by atoms with Crippen LogP contribution in [0.2, 0.25) is 5.02 Å². The minimum absolute atomic E-state index is 0.0461. The first-order valence-corrected chi connectivity index (χ1v) is 16.5. The third-order valence-corrected chi connectivity index (χ3v) is 9.42. The maximum absolute atomic E-state index is 14.1. The molecule has 248 valence electrons. The van der Waals surface area contributed by atoms with Crippen LogP contribution in [0, 0.1) is 41.2 Å². The van der Waals surface area contributed by atoms with Gasteiger partial charge >= 0.3 is 0 Å². The fourth-order valence-electron chi connectivity index (χ4n) is 6.72. The van der Waals surface area contributed by atoms with E-state index in [0.717, 1.165) is 40.2 Å². The van der Waals surface area contributed by atoms with Crippen molar-refractivity contribution < 1.29 is 18.4 Å². The standard InChI is InChI=1S/C20H16FN3O.C19H13ClFN3O/c1-12-3-4-14(9-17(12)21)16-8-13(11-22)7-15-10-18-20(25)23-5-2-6-24(18)19(15)16;20-15-3-2-12(8-16(15)21)14-7-11(10-22)6-13-9-17-19(25)23-4-1-5-24(17)18(13)14/h3-4,7-10H,2,5-6H2,1H3,(H,23,25);2-3,6-9H,1,4-5H2,(H,23,25). The Hall–Kier alpha value is -5.97. The molecule has 4 aromatic carbocycles. The van der Waals surface area contributed by atoms with Gasteiger partial charge in [0, 0.05) is 48.1 Å². The first-order chi connectivity index (χ1) is 24.2. The van der Waals surface area contributed by atoms with Crippen LogP contribution in [-0.4, -0.2) is 34.0 Å². The third kappa shape index (κ3) is 5.84. The molecule has 11 heteroatoms. The molecule has 0 saturated heterocycles. The number of aryl methyl sites for hydroxylation is 3. The minimum Gasteiger partial charge on any atom is -0.351 e. The molecule has 8 rings (SSSR count). The zero-order valence-electron chi connectivity index (χ0n) is 26.9. The Labute approximate surface area is 291 Å². The van der Waals surface area contributed by atoms with E-state index < -0.39 is 5.82 Å². The molecule has 6 aromatic rings. The van der Waals surface area contributed by atoms with Gasteiger partial charge < -0.3 is 19.8 Å². The number of carbonyl (C=O) groups is 2. The van der Waals surface area contributed by atoms with Gasteiger partial charge in [0.15, 0.2) is 0 Å². The zero-order chi connectivity index (χ0) is 35.1. The molecule has 0 atom stereocenters. The highest BCUT2D eigenvalue weighted by atomic mass is 35.5. The monoisotopic (exact) mass is 686 g/mol. The Bertz CT molecular complexity index is 2300. The van der Waals surface area contributed by atoms with Crippen molar-refractivity contribution in [3.63, 3.8) is 0 Å². The molecule has 8 nitrogen and oxygen atoms in total. The molecular weight excluding hydrogens is 658 g/mol. The van der Waals surface area contributed by atoms with Gasteiger partial charge in [0.1, 0.15) is 23.0 Å². The Morgan fingerprint density at radius 3 is 1.62 bits per heavy atom. The van der Waals surface area contributed by atoms with E-state index in [4.69, 9.17) is 11.6 Å². The van der Waals surface area contributed by atoms with Gasteiger partial charge in [-0.3, -0.25) is 9.59 Å². The SMILES string of the molecule is Cc1ccc(-c2cc(C#N)cc3cc4n(c23)CCCNC4=O)cc1F.N#Cc1cc(-c2ccc(Cl)c(F)c2)c2c(c1)cc1n2CCCNC1=O. The number of nitrogens with zero attached hydrogens (tertiary/aromatic N) is 4. The van der Waals surface area contributed by atoms with Crippen LogP contribution in [0.3, 0.4) is 0 Å². The van der Waals surface area contributed by atoms with Crippen LogP contribution in [0.5, 0.6) is 0 Å². The van der Waals surface area contributed by atoms with Crippen molar-refractivity contribution in [3.05, 3.63) is 118 Å². The smallest absolute Gasteiger partial charge is 0.267 e. The number of hydrogen-bond donors (Lipinski definition) is 2. The van der Waals surface area contributed by atoms with E-state index in [1.807, 2.05) is 21.3 Å². The fourth-order valence-corrected chi connectivity index (χ4v) is 6.84. The first-order valence-electron chi connectivity index (χ1n) is 16.1. The number of halogens is 3. The predicted molar refractivity (Wildman–Crippen MR) is 188 cm³/mol. The number of nitrogens with one attached hydrogen (secondary N) is 2. The summed E-state index contributed by atoms with van der Waals surface area (Å²) in [6.45, 7) is 4.33. The summed E-state index contributed by atoms with van der Waals surface area (Å²) < 4.78 is 32.0. The Kier molecular flexibility index (Phi) is 8.57. The lowest BCUT2D eigenvalue weighted by molar-refractivity contribution is 0.0943. The number of nitriles is 2. The summed E-state index contributed by atoms with van der Waals surface area (Å²) in [6, 6.07) is 24.5. The van der Waals surface area contributed by atoms with Gasteiger partial charge in [-0.05, 0) is 91.1 Å². The number of aromatic nitrogens is 2. The Morgan fingerprint density at radius 1 is 0.680 bits per heavy atom.